The van der Waals surface area contributed by atoms with Crippen molar-refractivity contribution in [2.75, 3.05) is 28.7 Å². The molecule has 0 saturated carbocycles. The fourth-order valence-electron chi connectivity index (χ4n) is 3.32. The van der Waals surface area contributed by atoms with Crippen LogP contribution in [0.5, 0.6) is 5.75 Å². The van der Waals surface area contributed by atoms with E-state index in [1.165, 1.54) is 6.26 Å². The Morgan fingerprint density at radius 2 is 1.91 bits per heavy atom. The van der Waals surface area contributed by atoms with Gasteiger partial charge < -0.3 is 24.7 Å². The van der Waals surface area contributed by atoms with Gasteiger partial charge in [-0.1, -0.05) is 17.7 Å². The van der Waals surface area contributed by atoms with Gasteiger partial charge in [-0.05, 0) is 48.9 Å². The van der Waals surface area contributed by atoms with Crippen LogP contribution in [0.25, 0.3) is 0 Å². The highest BCUT2D eigenvalue weighted by molar-refractivity contribution is 6.34. The quantitative estimate of drug-likeness (QED) is 0.554. The maximum atomic E-state index is 12.3. The zero-order valence-electron chi connectivity index (χ0n) is 17.0. The van der Waals surface area contributed by atoms with Gasteiger partial charge in [0.05, 0.1) is 17.0 Å². The summed E-state index contributed by atoms with van der Waals surface area (Å²) in [6, 6.07) is 14.9. The van der Waals surface area contributed by atoms with Gasteiger partial charge in [-0.2, -0.15) is 0 Å². The summed E-state index contributed by atoms with van der Waals surface area (Å²) < 4.78 is 10.6. The summed E-state index contributed by atoms with van der Waals surface area (Å²) >= 11 is 6.31. The molecular weight excluding hydrogens is 434 g/mol. The molecule has 0 atom stereocenters. The first-order valence-electron chi connectivity index (χ1n) is 9.97. The molecule has 1 aliphatic heterocycles. The van der Waals surface area contributed by atoms with E-state index in [1.807, 2.05) is 0 Å². The van der Waals surface area contributed by atoms with Crippen LogP contribution < -0.4 is 20.3 Å². The number of carbonyl (C=O) groups excluding carboxylic acids is 3. The topological polar surface area (TPSA) is 101 Å². The van der Waals surface area contributed by atoms with Gasteiger partial charge in [-0.3, -0.25) is 14.4 Å². The van der Waals surface area contributed by atoms with Gasteiger partial charge in [-0.15, -0.1) is 0 Å². The molecule has 4 rings (SSSR count). The molecule has 164 valence electrons. The molecule has 0 radical (unpaired) electrons. The van der Waals surface area contributed by atoms with Crippen LogP contribution in [0.2, 0.25) is 5.02 Å². The maximum absolute atomic E-state index is 12.3. The van der Waals surface area contributed by atoms with Crippen molar-refractivity contribution in [1.82, 2.24) is 0 Å². The zero-order valence-corrected chi connectivity index (χ0v) is 17.7. The van der Waals surface area contributed by atoms with Crippen LogP contribution in [0.4, 0.5) is 17.1 Å². The maximum Gasteiger partial charge on any atom is 0.291 e. The molecule has 0 unspecified atom stereocenters. The summed E-state index contributed by atoms with van der Waals surface area (Å²) in [5.74, 6) is -0.121. The lowest BCUT2D eigenvalue weighted by molar-refractivity contribution is -0.118. The second-order valence-corrected chi connectivity index (χ2v) is 7.52. The Hall–Kier alpha value is -3.78. The molecule has 2 aromatic carbocycles. The zero-order chi connectivity index (χ0) is 22.5. The summed E-state index contributed by atoms with van der Waals surface area (Å²) in [7, 11) is 0. The third-order valence-electron chi connectivity index (χ3n) is 4.80. The number of ether oxygens (including phenoxy) is 1. The average Bonchev–Trinajstić information content (AvgIpc) is 3.45. The lowest BCUT2D eigenvalue weighted by atomic mass is 10.2. The van der Waals surface area contributed by atoms with Gasteiger partial charge in [0.15, 0.2) is 12.4 Å². The molecule has 1 aliphatic rings. The highest BCUT2D eigenvalue weighted by atomic mass is 35.5. The smallest absolute Gasteiger partial charge is 0.291 e. The standard InChI is InChI=1S/C23H20ClN3O5/c24-18-13-16(8-9-19(18)27-10-2-7-22(27)29)25-21(28)14-32-17-5-1-4-15(12-17)26-23(30)20-6-3-11-31-20/h1,3-6,8-9,11-13H,2,7,10,14H2,(H,25,28)(H,26,30). The minimum Gasteiger partial charge on any atom is -0.484 e. The third-order valence-corrected chi connectivity index (χ3v) is 5.11. The van der Waals surface area contributed by atoms with Crippen molar-refractivity contribution in [3.8, 4) is 5.75 Å². The van der Waals surface area contributed by atoms with E-state index in [9.17, 15) is 14.4 Å². The highest BCUT2D eigenvalue weighted by Crippen LogP contribution is 2.31. The molecule has 1 saturated heterocycles. The molecule has 0 spiro atoms. The monoisotopic (exact) mass is 453 g/mol. The lowest BCUT2D eigenvalue weighted by Crippen LogP contribution is -2.24. The number of carbonyl (C=O) groups is 3. The van der Waals surface area contributed by atoms with Crippen LogP contribution in [-0.4, -0.2) is 30.9 Å². The minimum atomic E-state index is -0.388. The molecule has 32 heavy (non-hydrogen) atoms. The van der Waals surface area contributed by atoms with Crippen molar-refractivity contribution < 1.29 is 23.5 Å². The van der Waals surface area contributed by atoms with Crippen molar-refractivity contribution in [3.63, 3.8) is 0 Å². The van der Waals surface area contributed by atoms with Crippen molar-refractivity contribution in [2.45, 2.75) is 12.8 Å². The summed E-state index contributed by atoms with van der Waals surface area (Å²) in [6.45, 7) is 0.401. The van der Waals surface area contributed by atoms with E-state index < -0.39 is 0 Å². The SMILES string of the molecule is O=C(COc1cccc(NC(=O)c2ccco2)c1)Nc1ccc(N2CCCC2=O)c(Cl)c1. The number of benzene rings is 2. The number of nitrogens with one attached hydrogen (secondary N) is 2. The molecular formula is C23H20ClN3O5. The van der Waals surface area contributed by atoms with Crippen LogP contribution in [0.15, 0.2) is 65.3 Å². The van der Waals surface area contributed by atoms with Crippen molar-refractivity contribution in [3.05, 3.63) is 71.6 Å². The van der Waals surface area contributed by atoms with Crippen molar-refractivity contribution >= 4 is 46.4 Å². The van der Waals surface area contributed by atoms with Gasteiger partial charge in [0.25, 0.3) is 11.8 Å². The Morgan fingerprint density at radius 1 is 1.06 bits per heavy atom. The molecule has 9 heteroatoms. The average molecular weight is 454 g/mol. The predicted octanol–water partition coefficient (Wildman–Crippen LogP) is 4.33. The minimum absolute atomic E-state index is 0.0414. The molecule has 3 aromatic rings. The van der Waals surface area contributed by atoms with Crippen LogP contribution in [0.3, 0.4) is 0 Å². The fraction of sp³-hybridized carbons (Fsp3) is 0.174. The Balaban J connectivity index is 1.32. The number of hydrogen-bond acceptors (Lipinski definition) is 5. The van der Waals surface area contributed by atoms with Crippen LogP contribution in [0, 0.1) is 0 Å². The van der Waals surface area contributed by atoms with Crippen molar-refractivity contribution in [1.29, 1.82) is 0 Å². The van der Waals surface area contributed by atoms with Crippen molar-refractivity contribution in [2.24, 2.45) is 0 Å². The predicted molar refractivity (Wildman–Crippen MR) is 120 cm³/mol. The van der Waals surface area contributed by atoms with Gasteiger partial charge in [-0.25, -0.2) is 0 Å². The number of hydrogen-bond donors (Lipinski definition) is 2. The first kappa shape index (κ1) is 21.5. The number of halogens is 1. The van der Waals surface area contributed by atoms with Crippen LogP contribution in [0.1, 0.15) is 23.4 Å². The largest absolute Gasteiger partial charge is 0.484 e. The van der Waals surface area contributed by atoms with E-state index in [2.05, 4.69) is 10.6 Å². The van der Waals surface area contributed by atoms with Gasteiger partial charge in [0.1, 0.15) is 5.75 Å². The Morgan fingerprint density at radius 3 is 2.62 bits per heavy atom. The number of furan rings is 1. The second-order valence-electron chi connectivity index (χ2n) is 7.11. The number of anilines is 3. The Bertz CT molecular complexity index is 1150. The van der Waals surface area contributed by atoms with E-state index >= 15 is 0 Å². The number of nitrogens with zero attached hydrogens (tertiary/aromatic N) is 1. The summed E-state index contributed by atoms with van der Waals surface area (Å²) in [5, 5.41) is 5.80. The molecule has 0 aliphatic carbocycles. The first-order valence-corrected chi connectivity index (χ1v) is 10.3. The normalized spacial score (nSPS) is 13.2. The first-order chi connectivity index (χ1) is 15.5. The van der Waals surface area contributed by atoms with Crippen LogP contribution >= 0.6 is 11.6 Å². The second kappa shape index (κ2) is 9.57. The Labute approximate surface area is 189 Å². The van der Waals surface area contributed by atoms with E-state index in [0.29, 0.717) is 40.8 Å². The summed E-state index contributed by atoms with van der Waals surface area (Å²) in [4.78, 5) is 37.9. The molecule has 2 heterocycles. The number of rotatable bonds is 7. The van der Waals surface area contributed by atoms with Crippen LogP contribution in [-0.2, 0) is 9.59 Å². The molecule has 3 amide bonds. The summed E-state index contributed by atoms with van der Waals surface area (Å²) in [5.41, 5.74) is 1.64. The van der Waals surface area contributed by atoms with E-state index in [-0.39, 0.29) is 30.1 Å². The molecule has 1 aromatic heterocycles. The van der Waals surface area contributed by atoms with E-state index in [0.717, 1.165) is 6.42 Å². The molecule has 8 nitrogen and oxygen atoms in total. The molecule has 2 N–H and O–H groups in total. The van der Waals surface area contributed by atoms with Gasteiger partial charge in [0, 0.05) is 30.4 Å². The third kappa shape index (κ3) is 5.09. The highest BCUT2D eigenvalue weighted by Gasteiger charge is 2.23. The van der Waals surface area contributed by atoms with E-state index in [4.69, 9.17) is 20.8 Å². The molecule has 1 fully saturated rings. The fourth-order valence-corrected chi connectivity index (χ4v) is 3.60. The summed E-state index contributed by atoms with van der Waals surface area (Å²) in [6.07, 6.45) is 2.73. The number of amides is 3. The van der Waals surface area contributed by atoms with E-state index in [1.54, 1.807) is 59.5 Å². The lowest BCUT2D eigenvalue weighted by Gasteiger charge is -2.18. The Kier molecular flexibility index (Phi) is 6.42. The van der Waals surface area contributed by atoms with Gasteiger partial charge >= 0.3 is 0 Å². The van der Waals surface area contributed by atoms with Gasteiger partial charge in [0.2, 0.25) is 5.91 Å². The molecule has 0 bridgehead atoms.